The van der Waals surface area contributed by atoms with Gasteiger partial charge in [0.2, 0.25) is 0 Å². The third-order valence-corrected chi connectivity index (χ3v) is 16.7. The smallest absolute Gasteiger partial charge is 0.303 e. The number of rotatable bonds is 12. The summed E-state index contributed by atoms with van der Waals surface area (Å²) >= 11 is 0. The van der Waals surface area contributed by atoms with Crippen LogP contribution in [0.15, 0.2) is 11.6 Å². The molecular weight excluding hydrogens is 756 g/mol. The molecule has 6 fully saturated rings. The molecular formula is C43H72O15. The monoisotopic (exact) mass is 828 g/mol. The highest BCUT2D eigenvalue weighted by atomic mass is 16.8. The maximum atomic E-state index is 12.5. The normalized spacial score (nSPS) is 49.0. The molecule has 6 rings (SSSR count). The summed E-state index contributed by atoms with van der Waals surface area (Å²) in [7, 11) is 0. The number of carbonyl (C=O) groups is 1. The zero-order valence-electron chi connectivity index (χ0n) is 35.4. The number of ether oxygens (including phenoxy) is 5. The molecule has 0 aromatic heterocycles. The van der Waals surface area contributed by atoms with Gasteiger partial charge in [0.25, 0.3) is 0 Å². The first-order chi connectivity index (χ1) is 27.1. The van der Waals surface area contributed by atoms with Crippen LogP contribution in [0, 0.1) is 45.3 Å². The zero-order valence-corrected chi connectivity index (χ0v) is 35.4. The number of aliphatic hydroxyl groups excluding tert-OH is 8. The summed E-state index contributed by atoms with van der Waals surface area (Å²) in [6, 6.07) is 0. The Labute approximate surface area is 342 Å². The molecule has 9 N–H and O–H groups in total. The van der Waals surface area contributed by atoms with E-state index in [2.05, 4.69) is 27.7 Å². The average molecular weight is 829 g/mol. The zero-order chi connectivity index (χ0) is 42.7. The van der Waals surface area contributed by atoms with Gasteiger partial charge >= 0.3 is 5.97 Å². The van der Waals surface area contributed by atoms with Crippen LogP contribution in [0.1, 0.15) is 106 Å². The van der Waals surface area contributed by atoms with Gasteiger partial charge in [-0.05, 0) is 112 Å². The summed E-state index contributed by atoms with van der Waals surface area (Å²) in [5.74, 6) is -0.662. The van der Waals surface area contributed by atoms with Crippen LogP contribution in [0.2, 0.25) is 0 Å². The van der Waals surface area contributed by atoms with Crippen molar-refractivity contribution in [3.8, 4) is 0 Å². The topological polar surface area (TPSA) is 245 Å². The molecule has 0 amide bonds. The van der Waals surface area contributed by atoms with Crippen molar-refractivity contribution in [2.75, 3.05) is 26.4 Å². The number of allylic oxidation sites excluding steroid dienone is 1. The number of hydrogen-bond donors (Lipinski definition) is 9. The molecule has 0 aromatic rings. The molecule has 0 aromatic carbocycles. The highest BCUT2D eigenvalue weighted by Gasteiger charge is 2.74. The fourth-order valence-corrected chi connectivity index (χ4v) is 13.5. The Morgan fingerprint density at radius 1 is 0.862 bits per heavy atom. The summed E-state index contributed by atoms with van der Waals surface area (Å²) in [4.78, 5) is 11.5. The van der Waals surface area contributed by atoms with Crippen molar-refractivity contribution >= 4 is 5.97 Å². The van der Waals surface area contributed by atoms with Gasteiger partial charge in [-0.3, -0.25) is 4.79 Å². The maximum Gasteiger partial charge on any atom is 0.303 e. The number of fused-ring (bicyclic) bond motifs is 5. The van der Waals surface area contributed by atoms with E-state index in [0.29, 0.717) is 32.1 Å². The van der Waals surface area contributed by atoms with Crippen molar-refractivity contribution in [2.24, 2.45) is 45.3 Å². The molecule has 4 aliphatic carbocycles. The molecule has 334 valence electrons. The van der Waals surface area contributed by atoms with Crippen molar-refractivity contribution in [1.29, 1.82) is 0 Å². The lowest BCUT2D eigenvalue weighted by molar-refractivity contribution is -0.372. The molecule has 0 radical (unpaired) electrons. The predicted octanol–water partition coefficient (Wildman–Crippen LogP) is 1.30. The van der Waals surface area contributed by atoms with Gasteiger partial charge in [-0.2, -0.15) is 0 Å². The van der Waals surface area contributed by atoms with E-state index < -0.39 is 102 Å². The lowest BCUT2D eigenvalue weighted by Crippen LogP contribution is -2.71. The van der Waals surface area contributed by atoms with Gasteiger partial charge in [-0.25, -0.2) is 0 Å². The number of aliphatic hydroxyl groups is 9. The molecule has 2 heterocycles. The SMILES string of the molecule is CC(=O)O[C@H]1CO[C@@H](O[C@H]2[C@H](O[C@H]3CC[C@]4(C)[C@H]5CC[C@@H]6[C@@H]([C@@](C)(O)CC/C=C(\C)CO)CC[C@@]6(C)[C@]5(CO)[C@@H](O)C[C@H]4C3(C)C)O[C@H](CO)[C@@H](O)[C@@H]2O)[C@H](O)[C@H]1O. The first-order valence-electron chi connectivity index (χ1n) is 21.5. The second kappa shape index (κ2) is 17.1. The summed E-state index contributed by atoms with van der Waals surface area (Å²) in [5, 5.41) is 99.3. The van der Waals surface area contributed by atoms with Crippen molar-refractivity contribution in [1.82, 2.24) is 0 Å². The quantitative estimate of drug-likeness (QED) is 0.0765. The van der Waals surface area contributed by atoms with E-state index in [9.17, 15) is 50.8 Å². The van der Waals surface area contributed by atoms with Crippen molar-refractivity contribution < 1.29 is 74.4 Å². The van der Waals surface area contributed by atoms with Crippen LogP contribution in [0.3, 0.4) is 0 Å². The molecule has 4 saturated carbocycles. The number of hydrogen-bond acceptors (Lipinski definition) is 15. The van der Waals surface area contributed by atoms with Crippen molar-refractivity contribution in [3.05, 3.63) is 11.6 Å². The molecule has 15 heteroatoms. The van der Waals surface area contributed by atoms with E-state index in [1.165, 1.54) is 0 Å². The Bertz CT molecular complexity index is 1470. The van der Waals surface area contributed by atoms with Gasteiger partial charge < -0.3 is 69.6 Å². The summed E-state index contributed by atoms with van der Waals surface area (Å²) in [6.45, 7) is 12.6. The van der Waals surface area contributed by atoms with Crippen LogP contribution < -0.4 is 0 Å². The first-order valence-corrected chi connectivity index (χ1v) is 21.5. The highest BCUT2D eigenvalue weighted by molar-refractivity contribution is 5.66. The largest absolute Gasteiger partial charge is 0.457 e. The molecule has 0 spiro atoms. The summed E-state index contributed by atoms with van der Waals surface area (Å²) in [5.41, 5.74) is -2.20. The fourth-order valence-electron chi connectivity index (χ4n) is 13.5. The van der Waals surface area contributed by atoms with E-state index in [4.69, 9.17) is 23.7 Å². The van der Waals surface area contributed by atoms with Gasteiger partial charge in [-0.15, -0.1) is 0 Å². The van der Waals surface area contributed by atoms with Crippen LogP contribution in [0.4, 0.5) is 0 Å². The Morgan fingerprint density at radius 2 is 1.57 bits per heavy atom. The number of carbonyl (C=O) groups excluding carboxylic acids is 1. The van der Waals surface area contributed by atoms with Crippen LogP contribution >= 0.6 is 0 Å². The summed E-state index contributed by atoms with van der Waals surface area (Å²) < 4.78 is 29.5. The van der Waals surface area contributed by atoms with Crippen molar-refractivity contribution in [2.45, 2.75) is 179 Å². The van der Waals surface area contributed by atoms with Crippen LogP contribution in [-0.4, -0.2) is 151 Å². The van der Waals surface area contributed by atoms with E-state index in [-0.39, 0.29) is 48.9 Å². The minimum Gasteiger partial charge on any atom is -0.457 e. The molecule has 0 unspecified atom stereocenters. The van der Waals surface area contributed by atoms with Gasteiger partial charge in [-0.1, -0.05) is 39.3 Å². The molecule has 6 aliphatic rings. The van der Waals surface area contributed by atoms with E-state index in [1.807, 2.05) is 19.9 Å². The Balaban J connectivity index is 1.22. The lowest BCUT2D eigenvalue weighted by Gasteiger charge is -2.71. The molecule has 0 bridgehead atoms. The van der Waals surface area contributed by atoms with Gasteiger partial charge in [0.15, 0.2) is 18.7 Å². The van der Waals surface area contributed by atoms with Crippen LogP contribution in [0.5, 0.6) is 0 Å². The number of esters is 1. The second-order valence-electron chi connectivity index (χ2n) is 20.0. The standard InChI is InChI=1S/C43H72O15/c1-22(18-44)9-8-14-42(7,53)25-12-16-41(6)24(25)10-11-28-40(5)15-13-31(39(3,4)29(40)17-30(48)43(28,41)21-46)57-38-36(34(51)32(49)26(19-45)56-38)58-37-35(52)33(50)27(20-54-37)55-23(2)47/h9,24-38,44-46,48-53H,8,10-21H2,1-7H3/b22-9+/t24-,25+,26-,27+,28-,29+,30+,31+,32-,33+,34+,35-,36-,37+,38+,40-,41-,42+,43+/m1/s1. The molecule has 15 nitrogen and oxygen atoms in total. The fraction of sp³-hybridized carbons (Fsp3) is 0.930. The van der Waals surface area contributed by atoms with Crippen molar-refractivity contribution in [3.63, 3.8) is 0 Å². The molecule has 58 heavy (non-hydrogen) atoms. The Kier molecular flexibility index (Phi) is 13.6. The Hall–Kier alpha value is -1.31. The molecule has 2 aliphatic heterocycles. The minimum absolute atomic E-state index is 0.00368. The van der Waals surface area contributed by atoms with Gasteiger partial charge in [0.05, 0.1) is 44.2 Å². The summed E-state index contributed by atoms with van der Waals surface area (Å²) in [6.07, 6.45) is -6.42. The average Bonchev–Trinajstić information content (AvgIpc) is 3.54. The van der Waals surface area contributed by atoms with Gasteiger partial charge in [0, 0.05) is 12.3 Å². The first kappa shape index (κ1) is 46.2. The van der Waals surface area contributed by atoms with Gasteiger partial charge in [0.1, 0.15) is 36.6 Å². The van der Waals surface area contributed by atoms with Crippen LogP contribution in [0.25, 0.3) is 0 Å². The van der Waals surface area contributed by atoms with E-state index in [1.54, 1.807) is 0 Å². The van der Waals surface area contributed by atoms with E-state index >= 15 is 0 Å². The van der Waals surface area contributed by atoms with Crippen LogP contribution in [-0.2, 0) is 28.5 Å². The molecule has 19 atom stereocenters. The predicted molar refractivity (Wildman–Crippen MR) is 207 cm³/mol. The second-order valence-corrected chi connectivity index (χ2v) is 20.0. The minimum atomic E-state index is -1.70. The Morgan fingerprint density at radius 3 is 2.21 bits per heavy atom. The lowest BCUT2D eigenvalue weighted by atomic mass is 9.34. The third kappa shape index (κ3) is 7.64. The molecule has 2 saturated heterocycles. The third-order valence-electron chi connectivity index (χ3n) is 16.7. The highest BCUT2D eigenvalue weighted by Crippen LogP contribution is 2.76. The van der Waals surface area contributed by atoms with E-state index in [0.717, 1.165) is 38.2 Å². The maximum absolute atomic E-state index is 12.5.